The predicted molar refractivity (Wildman–Crippen MR) is 106 cm³/mol. The first-order chi connectivity index (χ1) is 12.4. The van der Waals surface area contributed by atoms with Crippen molar-refractivity contribution in [3.05, 3.63) is 0 Å². The monoisotopic (exact) mass is 370 g/mol. The fraction of sp³-hybridized carbons (Fsp3) is 0.905. The maximum Gasteiger partial charge on any atom is 0.180 e. The van der Waals surface area contributed by atoms with Gasteiger partial charge in [-0.05, 0) is 6.42 Å². The van der Waals surface area contributed by atoms with Crippen molar-refractivity contribution in [2.45, 2.75) is 90.4 Å². The lowest BCUT2D eigenvalue weighted by molar-refractivity contribution is -0.884. The Morgan fingerprint density at radius 3 is 1.88 bits per heavy atom. The van der Waals surface area contributed by atoms with Gasteiger partial charge in [0.05, 0.1) is 33.2 Å². The predicted octanol–water partition coefficient (Wildman–Crippen LogP) is 3.90. The smallest absolute Gasteiger partial charge is 0.180 e. The molecule has 0 heterocycles. The maximum absolute atomic E-state index is 10.7. The first-order valence-corrected chi connectivity index (χ1v) is 10.6. The van der Waals surface area contributed by atoms with Gasteiger partial charge in [0.15, 0.2) is 5.90 Å². The molecule has 0 unspecified atom stereocenters. The van der Waals surface area contributed by atoms with Crippen LogP contribution in [0.4, 0.5) is 0 Å². The van der Waals surface area contributed by atoms with Crippen molar-refractivity contribution >= 4 is 11.9 Å². The molecule has 0 amide bonds. The van der Waals surface area contributed by atoms with Crippen molar-refractivity contribution in [3.63, 3.8) is 0 Å². The molecule has 0 bridgehead atoms. The van der Waals surface area contributed by atoms with Crippen LogP contribution in [0.2, 0.25) is 0 Å². The number of carboxylic acids is 1. The van der Waals surface area contributed by atoms with E-state index < -0.39 is 5.97 Å². The van der Waals surface area contributed by atoms with Crippen LogP contribution in [-0.4, -0.2) is 50.1 Å². The molecular weight excluding hydrogens is 328 g/mol. The molecule has 0 aliphatic heterocycles. The van der Waals surface area contributed by atoms with E-state index in [1.54, 1.807) is 0 Å². The van der Waals surface area contributed by atoms with E-state index in [1.807, 2.05) is 14.1 Å². The van der Waals surface area contributed by atoms with Gasteiger partial charge < -0.3 is 19.1 Å². The van der Waals surface area contributed by atoms with Gasteiger partial charge in [-0.3, -0.25) is 5.41 Å². The molecule has 154 valence electrons. The SMILES string of the molecule is CCCCCCCCCCCCCOC(=N)CCC[N+](C)(C)CC(=O)[O-]. The van der Waals surface area contributed by atoms with Crippen LogP contribution in [0.3, 0.4) is 0 Å². The molecule has 0 aromatic carbocycles. The van der Waals surface area contributed by atoms with Crippen LogP contribution in [0.15, 0.2) is 0 Å². The van der Waals surface area contributed by atoms with Crippen LogP contribution < -0.4 is 5.11 Å². The molecule has 0 rings (SSSR count). The van der Waals surface area contributed by atoms with Gasteiger partial charge in [0.25, 0.3) is 0 Å². The minimum absolute atomic E-state index is 0.00688. The van der Waals surface area contributed by atoms with Crippen molar-refractivity contribution in [2.75, 3.05) is 33.8 Å². The Kier molecular flexibility index (Phi) is 15.4. The summed E-state index contributed by atoms with van der Waals surface area (Å²) in [7, 11) is 3.73. The van der Waals surface area contributed by atoms with E-state index in [2.05, 4.69) is 6.92 Å². The number of quaternary nitrogens is 1. The Hall–Kier alpha value is -1.10. The summed E-state index contributed by atoms with van der Waals surface area (Å²) in [5.74, 6) is -0.705. The zero-order chi connectivity index (χ0) is 19.7. The average Bonchev–Trinajstić information content (AvgIpc) is 2.54. The van der Waals surface area contributed by atoms with E-state index in [1.165, 1.54) is 64.2 Å². The second-order valence-electron chi connectivity index (χ2n) is 8.10. The van der Waals surface area contributed by atoms with Gasteiger partial charge in [0, 0.05) is 12.8 Å². The molecule has 0 spiro atoms. The number of unbranched alkanes of at least 4 members (excludes halogenated alkanes) is 10. The molecule has 5 nitrogen and oxygen atoms in total. The molecule has 0 saturated heterocycles. The van der Waals surface area contributed by atoms with Gasteiger partial charge in [-0.25, -0.2) is 0 Å². The van der Waals surface area contributed by atoms with Crippen LogP contribution in [0.5, 0.6) is 0 Å². The first kappa shape index (κ1) is 24.9. The third-order valence-corrected chi connectivity index (χ3v) is 4.75. The quantitative estimate of drug-likeness (QED) is 0.172. The molecule has 0 radical (unpaired) electrons. The molecule has 5 heteroatoms. The number of hydrogen-bond donors (Lipinski definition) is 1. The van der Waals surface area contributed by atoms with Crippen LogP contribution in [0.1, 0.15) is 90.4 Å². The third-order valence-electron chi connectivity index (χ3n) is 4.75. The summed E-state index contributed by atoms with van der Waals surface area (Å²) < 4.78 is 5.85. The number of carbonyl (C=O) groups is 1. The largest absolute Gasteiger partial charge is 0.544 e. The second kappa shape index (κ2) is 16.1. The lowest BCUT2D eigenvalue weighted by Crippen LogP contribution is -2.48. The van der Waals surface area contributed by atoms with Crippen molar-refractivity contribution < 1.29 is 19.1 Å². The van der Waals surface area contributed by atoms with Crippen LogP contribution in [0, 0.1) is 5.41 Å². The average molecular weight is 371 g/mol. The topological polar surface area (TPSA) is 73.2 Å². The number of rotatable bonds is 18. The summed E-state index contributed by atoms with van der Waals surface area (Å²) >= 11 is 0. The van der Waals surface area contributed by atoms with Gasteiger partial charge in [-0.1, -0.05) is 71.1 Å². The number of carboxylic acid groups (broad SMARTS) is 1. The highest BCUT2D eigenvalue weighted by Gasteiger charge is 2.15. The van der Waals surface area contributed by atoms with E-state index in [9.17, 15) is 9.90 Å². The highest BCUT2D eigenvalue weighted by atomic mass is 16.5. The van der Waals surface area contributed by atoms with Gasteiger partial charge in [0.1, 0.15) is 6.54 Å². The van der Waals surface area contributed by atoms with Crippen molar-refractivity contribution in [2.24, 2.45) is 0 Å². The Labute approximate surface area is 161 Å². The van der Waals surface area contributed by atoms with Crippen molar-refractivity contribution in [3.8, 4) is 0 Å². The maximum atomic E-state index is 10.7. The summed E-state index contributed by atoms with van der Waals surface area (Å²) in [6.07, 6.45) is 15.7. The first-order valence-electron chi connectivity index (χ1n) is 10.6. The molecule has 0 aliphatic rings. The fourth-order valence-corrected chi connectivity index (χ4v) is 3.13. The Morgan fingerprint density at radius 1 is 0.885 bits per heavy atom. The molecule has 0 aromatic heterocycles. The van der Waals surface area contributed by atoms with Gasteiger partial charge in [-0.2, -0.15) is 0 Å². The summed E-state index contributed by atoms with van der Waals surface area (Å²) in [6.45, 7) is 3.60. The highest BCUT2D eigenvalue weighted by molar-refractivity contribution is 5.72. The normalized spacial score (nSPS) is 11.5. The van der Waals surface area contributed by atoms with E-state index in [0.717, 1.165) is 12.8 Å². The zero-order valence-corrected chi connectivity index (χ0v) is 17.5. The third kappa shape index (κ3) is 17.7. The number of nitrogens with one attached hydrogen (secondary N) is 1. The highest BCUT2D eigenvalue weighted by Crippen LogP contribution is 2.11. The molecule has 0 atom stereocenters. The van der Waals surface area contributed by atoms with Crippen LogP contribution in [0.25, 0.3) is 0 Å². The van der Waals surface area contributed by atoms with Crippen molar-refractivity contribution in [1.82, 2.24) is 0 Å². The van der Waals surface area contributed by atoms with Gasteiger partial charge in [0.2, 0.25) is 0 Å². The van der Waals surface area contributed by atoms with Gasteiger partial charge >= 0.3 is 0 Å². The molecule has 0 saturated carbocycles. The standard InChI is InChI=1S/C21H42N2O3/c1-4-5-6-7-8-9-10-11-12-13-14-18-26-20(22)16-15-17-23(2,3)19-21(24)25/h22H,4-19H2,1-3H3. The summed E-state index contributed by atoms with van der Waals surface area (Å²) in [6, 6.07) is 0. The van der Waals surface area contributed by atoms with Crippen molar-refractivity contribution in [1.29, 1.82) is 5.41 Å². The lowest BCUT2D eigenvalue weighted by atomic mass is 10.1. The number of aliphatic carboxylic acids is 1. The van der Waals surface area contributed by atoms with Gasteiger partial charge in [-0.15, -0.1) is 0 Å². The van der Waals surface area contributed by atoms with E-state index in [4.69, 9.17) is 10.1 Å². The summed E-state index contributed by atoms with van der Waals surface area (Å²) in [5.41, 5.74) is 0. The Morgan fingerprint density at radius 2 is 1.38 bits per heavy atom. The summed E-state index contributed by atoms with van der Waals surface area (Å²) in [5, 5.41) is 18.5. The molecule has 0 aromatic rings. The van der Waals surface area contributed by atoms with E-state index >= 15 is 0 Å². The van der Waals surface area contributed by atoms with E-state index in [0.29, 0.717) is 30.0 Å². The summed E-state index contributed by atoms with van der Waals surface area (Å²) in [4.78, 5) is 10.7. The minimum atomic E-state index is -1.03. The Bertz CT molecular complexity index is 370. The van der Waals surface area contributed by atoms with E-state index in [-0.39, 0.29) is 6.54 Å². The number of carbonyl (C=O) groups excluding carboxylic acids is 1. The second-order valence-corrected chi connectivity index (χ2v) is 8.10. The molecule has 0 fully saturated rings. The Balaban J connectivity index is 3.38. The lowest BCUT2D eigenvalue weighted by Gasteiger charge is -2.30. The minimum Gasteiger partial charge on any atom is -0.544 e. The molecule has 1 N–H and O–H groups in total. The molecular formula is C21H42N2O3. The van der Waals surface area contributed by atoms with Crippen LogP contribution in [-0.2, 0) is 9.53 Å². The molecule has 0 aliphatic carbocycles. The number of hydrogen-bond acceptors (Lipinski definition) is 4. The number of likely N-dealkylation sites (N-methyl/N-ethyl adjacent to an activating group) is 1. The van der Waals surface area contributed by atoms with Crippen LogP contribution >= 0.6 is 0 Å². The number of ether oxygens (including phenoxy) is 1. The molecule has 26 heavy (non-hydrogen) atoms. The fourth-order valence-electron chi connectivity index (χ4n) is 3.13. The number of nitrogens with zero attached hydrogens (tertiary/aromatic N) is 1. The zero-order valence-electron chi connectivity index (χ0n) is 17.5.